The lowest BCUT2D eigenvalue weighted by Crippen LogP contribution is -2.44. The maximum atomic E-state index is 13.2. The third kappa shape index (κ3) is 4.15. The second-order valence-electron chi connectivity index (χ2n) is 5.70. The molecule has 1 amide bonds. The number of hydrogen-bond donors (Lipinski definition) is 3. The summed E-state index contributed by atoms with van der Waals surface area (Å²) in [6.07, 6.45) is 1.85. The number of carbonyl (C=O) groups is 1. The molecule has 2 rings (SSSR count). The van der Waals surface area contributed by atoms with Gasteiger partial charge in [-0.25, -0.2) is 4.39 Å². The number of nitrogens with one attached hydrogen (secondary N) is 1. The van der Waals surface area contributed by atoms with Crippen LogP contribution >= 0.6 is 0 Å². The largest absolute Gasteiger partial charge is 0.505 e. The van der Waals surface area contributed by atoms with Gasteiger partial charge in [0.15, 0.2) is 11.6 Å². The highest BCUT2D eigenvalue weighted by Crippen LogP contribution is 2.24. The Morgan fingerprint density at radius 3 is 2.71 bits per heavy atom. The van der Waals surface area contributed by atoms with Crippen LogP contribution in [0.25, 0.3) is 0 Å². The fourth-order valence-electron chi connectivity index (χ4n) is 2.44. The Labute approximate surface area is 123 Å². The van der Waals surface area contributed by atoms with Gasteiger partial charge in [-0.15, -0.1) is 0 Å². The molecule has 0 unspecified atom stereocenters. The zero-order chi connectivity index (χ0) is 15.5. The van der Waals surface area contributed by atoms with Crippen molar-refractivity contribution in [2.75, 3.05) is 26.7 Å². The minimum absolute atomic E-state index is 0.153. The van der Waals surface area contributed by atoms with Crippen LogP contribution in [0, 0.1) is 5.82 Å². The highest BCUT2D eigenvalue weighted by Gasteiger charge is 2.30. The molecule has 0 atom stereocenters. The predicted octanol–water partition coefficient (Wildman–Crippen LogP) is 1.11. The van der Waals surface area contributed by atoms with Crippen LogP contribution in [0.2, 0.25) is 0 Å². The topological polar surface area (TPSA) is 72.8 Å². The van der Waals surface area contributed by atoms with E-state index < -0.39 is 23.1 Å². The van der Waals surface area contributed by atoms with Crippen LogP contribution in [-0.2, 0) is 0 Å². The molecule has 1 aromatic rings. The molecule has 1 saturated heterocycles. The molecule has 1 aromatic carbocycles. The number of nitrogens with zero attached hydrogens (tertiary/aromatic N) is 1. The first kappa shape index (κ1) is 15.7. The average Bonchev–Trinajstić information content (AvgIpc) is 2.45. The Kier molecular flexibility index (Phi) is 4.80. The van der Waals surface area contributed by atoms with E-state index in [9.17, 15) is 14.3 Å². The first-order valence-electron chi connectivity index (χ1n) is 7.07. The fraction of sp³-hybridized carbons (Fsp3) is 0.533. The highest BCUT2D eigenvalue weighted by atomic mass is 19.1. The molecule has 0 radical (unpaired) electrons. The number of hydrogen-bond acceptors (Lipinski definition) is 4. The summed E-state index contributed by atoms with van der Waals surface area (Å²) in [6.45, 7) is 2.02. The van der Waals surface area contributed by atoms with Crippen molar-refractivity contribution in [3.8, 4) is 5.75 Å². The second-order valence-corrected chi connectivity index (χ2v) is 5.70. The molecule has 5 nitrogen and oxygen atoms in total. The van der Waals surface area contributed by atoms with Gasteiger partial charge in [0.05, 0.1) is 5.60 Å². The lowest BCUT2D eigenvalue weighted by atomic mass is 9.88. The van der Waals surface area contributed by atoms with Crippen LogP contribution in [0.1, 0.15) is 29.6 Å². The summed E-state index contributed by atoms with van der Waals surface area (Å²) in [5.74, 6) is -1.71. The van der Waals surface area contributed by atoms with E-state index in [4.69, 9.17) is 5.11 Å². The van der Waals surface area contributed by atoms with E-state index in [0.717, 1.165) is 25.2 Å². The van der Waals surface area contributed by atoms with E-state index in [1.807, 2.05) is 7.05 Å². The van der Waals surface area contributed by atoms with Crippen LogP contribution in [0.3, 0.4) is 0 Å². The van der Waals surface area contributed by atoms with Crippen molar-refractivity contribution in [2.24, 2.45) is 0 Å². The molecular formula is C15H21FN2O3. The zero-order valence-corrected chi connectivity index (χ0v) is 12.1. The van der Waals surface area contributed by atoms with Crippen LogP contribution in [0.4, 0.5) is 4.39 Å². The van der Waals surface area contributed by atoms with E-state index in [-0.39, 0.29) is 5.56 Å². The summed E-state index contributed by atoms with van der Waals surface area (Å²) in [5.41, 5.74) is -0.583. The van der Waals surface area contributed by atoms with Gasteiger partial charge in [-0.2, -0.15) is 0 Å². The number of phenols is 1. The maximum absolute atomic E-state index is 13.2. The Morgan fingerprint density at radius 2 is 2.10 bits per heavy atom. The maximum Gasteiger partial charge on any atom is 0.251 e. The van der Waals surface area contributed by atoms with Crippen LogP contribution < -0.4 is 5.32 Å². The minimum atomic E-state index is -0.823. The van der Waals surface area contributed by atoms with E-state index in [2.05, 4.69) is 10.2 Å². The van der Waals surface area contributed by atoms with Crippen LogP contribution in [-0.4, -0.2) is 53.3 Å². The molecule has 3 N–H and O–H groups in total. The lowest BCUT2D eigenvalue weighted by Gasteiger charge is -2.36. The van der Waals surface area contributed by atoms with Gasteiger partial charge in [-0.05, 0) is 44.5 Å². The molecule has 0 bridgehead atoms. The van der Waals surface area contributed by atoms with Gasteiger partial charge in [0.2, 0.25) is 0 Å². The molecule has 1 aliphatic heterocycles. The number of amides is 1. The summed E-state index contributed by atoms with van der Waals surface area (Å²) in [5, 5.41) is 22.1. The number of halogens is 1. The average molecular weight is 296 g/mol. The van der Waals surface area contributed by atoms with Gasteiger partial charge in [0.25, 0.3) is 5.91 Å². The standard InChI is InChI=1S/C15H21FN2O3/c1-18-8-5-15(21,6-9-18)4-7-17-14(20)11-2-3-13(19)12(16)10-11/h2-3,10,19,21H,4-9H2,1H3,(H,17,20). The quantitative estimate of drug-likeness (QED) is 0.778. The van der Waals surface area contributed by atoms with Crippen molar-refractivity contribution in [2.45, 2.75) is 24.9 Å². The van der Waals surface area contributed by atoms with Gasteiger partial charge in [0, 0.05) is 25.2 Å². The number of carbonyl (C=O) groups excluding carboxylic acids is 1. The monoisotopic (exact) mass is 296 g/mol. The Hall–Kier alpha value is -1.66. The van der Waals surface area contributed by atoms with Crippen LogP contribution in [0.15, 0.2) is 18.2 Å². The summed E-state index contributed by atoms with van der Waals surface area (Å²) >= 11 is 0. The molecule has 0 aliphatic carbocycles. The van der Waals surface area contributed by atoms with Gasteiger partial charge < -0.3 is 20.4 Å². The van der Waals surface area contributed by atoms with E-state index in [1.165, 1.54) is 6.07 Å². The number of rotatable bonds is 4. The minimum Gasteiger partial charge on any atom is -0.505 e. The highest BCUT2D eigenvalue weighted by molar-refractivity contribution is 5.94. The first-order chi connectivity index (χ1) is 9.89. The first-order valence-corrected chi connectivity index (χ1v) is 7.07. The molecule has 0 saturated carbocycles. The van der Waals surface area contributed by atoms with E-state index in [1.54, 1.807) is 0 Å². The molecule has 1 aliphatic rings. The third-order valence-corrected chi connectivity index (χ3v) is 4.00. The molecule has 1 fully saturated rings. The van der Waals surface area contributed by atoms with Gasteiger partial charge in [-0.3, -0.25) is 4.79 Å². The van der Waals surface area contributed by atoms with Crippen molar-refractivity contribution in [3.05, 3.63) is 29.6 Å². The number of likely N-dealkylation sites (tertiary alicyclic amines) is 1. The van der Waals surface area contributed by atoms with Crippen LogP contribution in [0.5, 0.6) is 5.75 Å². The van der Waals surface area contributed by atoms with Crippen molar-refractivity contribution in [3.63, 3.8) is 0 Å². The second kappa shape index (κ2) is 6.41. The van der Waals surface area contributed by atoms with Crippen molar-refractivity contribution in [1.82, 2.24) is 10.2 Å². The third-order valence-electron chi connectivity index (χ3n) is 4.00. The van der Waals surface area contributed by atoms with Gasteiger partial charge in [-0.1, -0.05) is 0 Å². The number of benzene rings is 1. The Morgan fingerprint density at radius 1 is 1.43 bits per heavy atom. The fourth-order valence-corrected chi connectivity index (χ4v) is 2.44. The molecule has 116 valence electrons. The van der Waals surface area contributed by atoms with Gasteiger partial charge in [0.1, 0.15) is 0 Å². The van der Waals surface area contributed by atoms with E-state index in [0.29, 0.717) is 25.8 Å². The normalized spacial score (nSPS) is 18.4. The summed E-state index contributed by atoms with van der Waals surface area (Å²) < 4.78 is 13.2. The Bertz CT molecular complexity index is 514. The number of aliphatic hydroxyl groups is 1. The zero-order valence-electron chi connectivity index (χ0n) is 12.1. The smallest absolute Gasteiger partial charge is 0.251 e. The van der Waals surface area contributed by atoms with E-state index >= 15 is 0 Å². The van der Waals surface area contributed by atoms with Crippen molar-refractivity contribution in [1.29, 1.82) is 0 Å². The molecular weight excluding hydrogens is 275 g/mol. The predicted molar refractivity (Wildman–Crippen MR) is 76.7 cm³/mol. The Balaban J connectivity index is 1.82. The number of piperidine rings is 1. The molecule has 1 heterocycles. The number of aromatic hydroxyl groups is 1. The molecule has 21 heavy (non-hydrogen) atoms. The van der Waals surface area contributed by atoms with Gasteiger partial charge >= 0.3 is 0 Å². The SMILES string of the molecule is CN1CCC(O)(CCNC(=O)c2ccc(O)c(F)c2)CC1. The van der Waals surface area contributed by atoms with Crippen molar-refractivity contribution >= 4 is 5.91 Å². The molecule has 6 heteroatoms. The summed E-state index contributed by atoms with van der Waals surface area (Å²) in [7, 11) is 2.01. The van der Waals surface area contributed by atoms with Crippen molar-refractivity contribution < 1.29 is 19.4 Å². The lowest BCUT2D eigenvalue weighted by molar-refractivity contribution is -0.0214. The summed E-state index contributed by atoms with van der Waals surface area (Å²) in [6, 6.07) is 3.50. The number of phenolic OH excluding ortho intramolecular Hbond substituents is 1. The molecule has 0 spiro atoms. The summed E-state index contributed by atoms with van der Waals surface area (Å²) in [4.78, 5) is 14.0. The molecule has 0 aromatic heterocycles.